The van der Waals surface area contributed by atoms with Gasteiger partial charge in [-0.15, -0.1) is 0 Å². The van der Waals surface area contributed by atoms with Gasteiger partial charge in [0.2, 0.25) is 5.75 Å². The number of barbiturate groups is 1. The minimum Gasteiger partial charge on any atom is -0.490 e. The van der Waals surface area contributed by atoms with Crippen LogP contribution in [-0.2, 0) is 19.7 Å². The fourth-order valence-electron chi connectivity index (χ4n) is 3.70. The van der Waals surface area contributed by atoms with Gasteiger partial charge in [-0.3, -0.25) is 14.9 Å². The molecule has 39 heavy (non-hydrogen) atoms. The molecule has 0 spiro atoms. The molecule has 202 valence electrons. The average Bonchev–Trinajstić information content (AvgIpc) is 2.86. The van der Waals surface area contributed by atoms with E-state index in [1.165, 1.54) is 42.5 Å². The fraction of sp³-hybridized carbons (Fsp3) is 0.148. The van der Waals surface area contributed by atoms with E-state index in [1.54, 1.807) is 25.1 Å². The van der Waals surface area contributed by atoms with E-state index in [2.05, 4.69) is 5.32 Å². The van der Waals surface area contributed by atoms with Gasteiger partial charge in [0.1, 0.15) is 10.5 Å². The molecule has 9 nitrogen and oxygen atoms in total. The molecule has 12 heteroatoms. The lowest BCUT2D eigenvalue weighted by Gasteiger charge is -2.27. The lowest BCUT2D eigenvalue weighted by molar-refractivity contribution is -0.122. The van der Waals surface area contributed by atoms with Crippen LogP contribution >= 0.6 is 23.2 Å². The molecule has 4 amide bonds. The van der Waals surface area contributed by atoms with Crippen molar-refractivity contribution in [2.45, 2.75) is 25.7 Å². The first-order valence-electron chi connectivity index (χ1n) is 11.6. The zero-order valence-electron chi connectivity index (χ0n) is 20.9. The average molecular weight is 589 g/mol. The first kappa shape index (κ1) is 28.2. The highest BCUT2D eigenvalue weighted by Crippen LogP contribution is 2.39. The molecule has 4 rings (SSSR count). The van der Waals surface area contributed by atoms with E-state index in [9.17, 15) is 22.8 Å². The Bertz CT molecular complexity index is 1630. The zero-order valence-corrected chi connectivity index (χ0v) is 23.3. The number of benzene rings is 3. The Morgan fingerprint density at radius 1 is 0.949 bits per heavy atom. The van der Waals surface area contributed by atoms with Crippen LogP contribution in [0, 0.1) is 13.8 Å². The van der Waals surface area contributed by atoms with Crippen molar-refractivity contribution in [2.24, 2.45) is 0 Å². The van der Waals surface area contributed by atoms with Crippen LogP contribution in [0.2, 0.25) is 10.0 Å². The maximum atomic E-state index is 13.3. The van der Waals surface area contributed by atoms with Crippen LogP contribution in [0.1, 0.15) is 23.6 Å². The maximum Gasteiger partial charge on any atom is 0.339 e. The third-order valence-electron chi connectivity index (χ3n) is 5.79. The van der Waals surface area contributed by atoms with E-state index in [1.807, 2.05) is 13.8 Å². The molecule has 3 aromatic rings. The molecule has 1 heterocycles. The highest BCUT2D eigenvalue weighted by molar-refractivity contribution is 7.87. The molecule has 0 atom stereocenters. The monoisotopic (exact) mass is 588 g/mol. The summed E-state index contributed by atoms with van der Waals surface area (Å²) < 4.78 is 36.5. The number of hydrogen-bond acceptors (Lipinski definition) is 7. The highest BCUT2D eigenvalue weighted by Gasteiger charge is 2.37. The quantitative estimate of drug-likeness (QED) is 0.221. The molecule has 0 saturated carbocycles. The second-order valence-electron chi connectivity index (χ2n) is 8.48. The van der Waals surface area contributed by atoms with E-state index in [0.29, 0.717) is 10.7 Å². The summed E-state index contributed by atoms with van der Waals surface area (Å²) in [6.45, 7) is 5.52. The van der Waals surface area contributed by atoms with Crippen LogP contribution in [0.3, 0.4) is 0 Å². The lowest BCUT2D eigenvalue weighted by Crippen LogP contribution is -2.54. The van der Waals surface area contributed by atoms with Crippen LogP contribution in [0.4, 0.5) is 10.5 Å². The number of carbonyl (C=O) groups is 3. The number of aryl methyl sites for hydroxylation is 2. The number of nitrogens with one attached hydrogen (secondary N) is 1. The third kappa shape index (κ3) is 5.93. The van der Waals surface area contributed by atoms with Gasteiger partial charge < -0.3 is 8.92 Å². The Morgan fingerprint density at radius 2 is 1.64 bits per heavy atom. The molecule has 3 aromatic carbocycles. The summed E-state index contributed by atoms with van der Waals surface area (Å²) in [7, 11) is -4.30. The van der Waals surface area contributed by atoms with Crippen LogP contribution in [0.15, 0.2) is 65.1 Å². The molecule has 0 aromatic heterocycles. The summed E-state index contributed by atoms with van der Waals surface area (Å²) in [5, 5.41) is 2.35. The number of hydrogen-bond donors (Lipinski definition) is 1. The molecular weight excluding hydrogens is 567 g/mol. The molecule has 1 fully saturated rings. The first-order chi connectivity index (χ1) is 18.4. The smallest absolute Gasteiger partial charge is 0.339 e. The van der Waals surface area contributed by atoms with Gasteiger partial charge in [0.05, 0.1) is 17.3 Å². The second kappa shape index (κ2) is 11.1. The summed E-state index contributed by atoms with van der Waals surface area (Å²) in [5.74, 6) is -2.06. The molecule has 0 radical (unpaired) electrons. The Balaban J connectivity index is 1.72. The number of anilines is 1. The van der Waals surface area contributed by atoms with E-state index >= 15 is 0 Å². The minimum absolute atomic E-state index is 0.0415. The van der Waals surface area contributed by atoms with E-state index in [-0.39, 0.29) is 39.2 Å². The number of amides is 4. The number of nitrogens with zero attached hydrogens (tertiary/aromatic N) is 1. The molecule has 1 saturated heterocycles. The van der Waals surface area contributed by atoms with Gasteiger partial charge in [-0.2, -0.15) is 8.42 Å². The minimum atomic E-state index is -4.30. The Morgan fingerprint density at radius 3 is 2.28 bits per heavy atom. The largest absolute Gasteiger partial charge is 0.490 e. The number of halogens is 2. The predicted molar refractivity (Wildman–Crippen MR) is 147 cm³/mol. The van der Waals surface area contributed by atoms with Gasteiger partial charge in [0.15, 0.2) is 5.75 Å². The van der Waals surface area contributed by atoms with Crippen molar-refractivity contribution < 1.29 is 31.7 Å². The number of ether oxygens (including phenoxy) is 1. The SMILES string of the molecule is CCOc1cc(/C=C2\C(=O)NC(=O)N(c3ccc(C)c(C)c3)C2=O)cc(Cl)c1OS(=O)(=O)c1ccc(Cl)cc1. The highest BCUT2D eigenvalue weighted by atomic mass is 35.5. The number of urea groups is 1. The van der Waals surface area contributed by atoms with Crippen molar-refractivity contribution in [2.75, 3.05) is 11.5 Å². The maximum absolute atomic E-state index is 13.3. The number of imide groups is 2. The molecule has 0 unspecified atom stereocenters. The van der Waals surface area contributed by atoms with E-state index in [0.717, 1.165) is 16.0 Å². The third-order valence-corrected chi connectivity index (χ3v) is 7.56. The Hall–Kier alpha value is -3.86. The molecule has 1 aliphatic rings. The molecule has 0 aliphatic carbocycles. The molecule has 0 bridgehead atoms. The predicted octanol–water partition coefficient (Wildman–Crippen LogP) is 5.44. The molecule has 1 aliphatic heterocycles. The van der Waals surface area contributed by atoms with E-state index in [4.69, 9.17) is 32.1 Å². The Kier molecular flexibility index (Phi) is 8.01. The second-order valence-corrected chi connectivity index (χ2v) is 10.9. The van der Waals surface area contributed by atoms with Gasteiger partial charge in [0, 0.05) is 5.02 Å². The Labute approximate surface area is 235 Å². The van der Waals surface area contributed by atoms with Gasteiger partial charge in [-0.1, -0.05) is 29.3 Å². The first-order valence-corrected chi connectivity index (χ1v) is 13.7. The van der Waals surface area contributed by atoms with Crippen molar-refractivity contribution in [3.8, 4) is 11.5 Å². The van der Waals surface area contributed by atoms with Crippen LogP contribution in [0.5, 0.6) is 11.5 Å². The van der Waals surface area contributed by atoms with Gasteiger partial charge in [0.25, 0.3) is 11.8 Å². The van der Waals surface area contributed by atoms with Crippen LogP contribution in [-0.4, -0.2) is 32.9 Å². The summed E-state index contributed by atoms with van der Waals surface area (Å²) in [6.07, 6.45) is 1.23. The van der Waals surface area contributed by atoms with Crippen molar-refractivity contribution in [1.82, 2.24) is 5.32 Å². The molecular formula is C27H22Cl2N2O7S. The summed E-state index contributed by atoms with van der Waals surface area (Å²) in [5.41, 5.74) is 2.01. The number of carbonyl (C=O) groups excluding carboxylic acids is 3. The normalized spacial score (nSPS) is 14.9. The van der Waals surface area contributed by atoms with Gasteiger partial charge in [-0.05, 0) is 92.1 Å². The van der Waals surface area contributed by atoms with Gasteiger partial charge >= 0.3 is 16.1 Å². The molecule has 1 N–H and O–H groups in total. The lowest BCUT2D eigenvalue weighted by atomic mass is 10.0. The van der Waals surface area contributed by atoms with Crippen molar-refractivity contribution in [1.29, 1.82) is 0 Å². The van der Waals surface area contributed by atoms with Gasteiger partial charge in [-0.25, -0.2) is 9.69 Å². The standard InChI is InChI=1S/C27H22Cl2N2O7S/c1-4-37-23-14-17(13-22(29)24(23)38-39(35,36)20-9-6-18(28)7-10-20)12-21-25(32)30-27(34)31(26(21)33)19-8-5-15(2)16(3)11-19/h5-14H,4H2,1-3H3,(H,30,32,34)/b21-12+. The topological polar surface area (TPSA) is 119 Å². The van der Waals surface area contributed by atoms with Crippen molar-refractivity contribution in [3.63, 3.8) is 0 Å². The zero-order chi connectivity index (χ0) is 28.5. The van der Waals surface area contributed by atoms with Crippen molar-refractivity contribution in [3.05, 3.63) is 86.9 Å². The summed E-state index contributed by atoms with van der Waals surface area (Å²) in [4.78, 5) is 39.1. The van der Waals surface area contributed by atoms with Crippen LogP contribution in [0.25, 0.3) is 6.08 Å². The fourth-order valence-corrected chi connectivity index (χ4v) is 5.08. The van der Waals surface area contributed by atoms with Crippen LogP contribution < -0.4 is 19.1 Å². The summed E-state index contributed by atoms with van der Waals surface area (Å²) >= 11 is 12.2. The summed E-state index contributed by atoms with van der Waals surface area (Å²) in [6, 6.07) is 12.2. The van der Waals surface area contributed by atoms with Crippen molar-refractivity contribution >= 4 is 62.9 Å². The number of rotatable bonds is 7. The van der Waals surface area contributed by atoms with E-state index < -0.39 is 28.0 Å².